The molecule has 0 radical (unpaired) electrons. The molecule has 0 aromatic heterocycles. The van der Waals surface area contributed by atoms with E-state index in [0.717, 1.165) is 10.0 Å². The number of hydrogen-bond donors (Lipinski definition) is 1. The SMILES string of the molecule is CSc1ccc(/C=N/NC(=O)c2ccccc2Br)cc1. The Morgan fingerprint density at radius 3 is 2.55 bits per heavy atom. The van der Waals surface area contributed by atoms with Crippen molar-refractivity contribution in [3.8, 4) is 0 Å². The maximum Gasteiger partial charge on any atom is 0.272 e. The quantitative estimate of drug-likeness (QED) is 0.516. The van der Waals surface area contributed by atoms with Crippen LogP contribution in [0.2, 0.25) is 0 Å². The third-order valence-corrected chi connectivity index (χ3v) is 4.05. The van der Waals surface area contributed by atoms with Gasteiger partial charge in [0.05, 0.1) is 11.8 Å². The number of hydrazone groups is 1. The second-order valence-corrected chi connectivity index (χ2v) is 5.69. The van der Waals surface area contributed by atoms with Crippen LogP contribution in [0, 0.1) is 0 Å². The summed E-state index contributed by atoms with van der Waals surface area (Å²) in [5, 5.41) is 3.96. The van der Waals surface area contributed by atoms with Gasteiger partial charge in [0.2, 0.25) is 0 Å². The lowest BCUT2D eigenvalue weighted by Gasteiger charge is -2.02. The second-order valence-electron chi connectivity index (χ2n) is 3.95. The summed E-state index contributed by atoms with van der Waals surface area (Å²) in [6, 6.07) is 15.2. The fourth-order valence-electron chi connectivity index (χ4n) is 1.56. The summed E-state index contributed by atoms with van der Waals surface area (Å²) in [5.41, 5.74) is 4.01. The van der Waals surface area contributed by atoms with Gasteiger partial charge in [-0.2, -0.15) is 5.10 Å². The van der Waals surface area contributed by atoms with E-state index >= 15 is 0 Å². The molecular weight excluding hydrogens is 336 g/mol. The predicted octanol–water partition coefficient (Wildman–Crippen LogP) is 3.93. The van der Waals surface area contributed by atoms with Gasteiger partial charge in [-0.1, -0.05) is 24.3 Å². The molecule has 2 rings (SSSR count). The molecule has 0 saturated carbocycles. The van der Waals surface area contributed by atoms with E-state index in [2.05, 4.69) is 26.5 Å². The molecule has 0 heterocycles. The molecule has 0 unspecified atom stereocenters. The molecule has 2 aromatic carbocycles. The van der Waals surface area contributed by atoms with Gasteiger partial charge in [0.15, 0.2) is 0 Å². The number of hydrogen-bond acceptors (Lipinski definition) is 3. The largest absolute Gasteiger partial charge is 0.272 e. The minimum absolute atomic E-state index is 0.241. The number of carbonyl (C=O) groups excluding carboxylic acids is 1. The molecule has 1 amide bonds. The van der Waals surface area contributed by atoms with E-state index in [4.69, 9.17) is 0 Å². The van der Waals surface area contributed by atoms with Crippen molar-refractivity contribution in [3.05, 3.63) is 64.1 Å². The molecule has 102 valence electrons. The van der Waals surface area contributed by atoms with Crippen molar-refractivity contribution >= 4 is 39.8 Å². The van der Waals surface area contributed by atoms with Crippen molar-refractivity contribution < 1.29 is 4.79 Å². The standard InChI is InChI=1S/C15H13BrN2OS/c1-20-12-8-6-11(7-9-12)10-17-18-15(19)13-4-2-3-5-14(13)16/h2-10H,1H3,(H,18,19)/b17-10+. The lowest BCUT2D eigenvalue weighted by atomic mass is 10.2. The monoisotopic (exact) mass is 348 g/mol. The molecule has 0 spiro atoms. The van der Waals surface area contributed by atoms with E-state index in [1.807, 2.05) is 48.7 Å². The van der Waals surface area contributed by atoms with E-state index in [0.29, 0.717) is 5.56 Å². The Morgan fingerprint density at radius 2 is 1.90 bits per heavy atom. The number of thioether (sulfide) groups is 1. The van der Waals surface area contributed by atoms with Crippen LogP contribution < -0.4 is 5.43 Å². The van der Waals surface area contributed by atoms with E-state index in [1.54, 1.807) is 24.0 Å². The Hall–Kier alpha value is -1.59. The molecular formula is C15H13BrN2OS. The van der Waals surface area contributed by atoms with Crippen LogP contribution in [0.1, 0.15) is 15.9 Å². The minimum atomic E-state index is -0.241. The van der Waals surface area contributed by atoms with Crippen molar-refractivity contribution in [1.82, 2.24) is 5.43 Å². The highest BCUT2D eigenvalue weighted by molar-refractivity contribution is 9.10. The predicted molar refractivity (Wildman–Crippen MR) is 87.4 cm³/mol. The summed E-state index contributed by atoms with van der Waals surface area (Å²) in [4.78, 5) is 13.1. The van der Waals surface area contributed by atoms with Crippen LogP contribution in [-0.2, 0) is 0 Å². The number of benzene rings is 2. The Morgan fingerprint density at radius 1 is 1.20 bits per heavy atom. The van der Waals surface area contributed by atoms with Crippen LogP contribution in [0.15, 0.2) is 63.0 Å². The highest BCUT2D eigenvalue weighted by atomic mass is 79.9. The summed E-state index contributed by atoms with van der Waals surface area (Å²) in [5.74, 6) is -0.241. The first-order chi connectivity index (χ1) is 9.70. The van der Waals surface area contributed by atoms with Crippen molar-refractivity contribution in [2.45, 2.75) is 4.90 Å². The Kier molecular flexibility index (Phi) is 5.38. The maximum atomic E-state index is 11.9. The van der Waals surface area contributed by atoms with E-state index in [1.165, 1.54) is 4.90 Å². The van der Waals surface area contributed by atoms with Crippen molar-refractivity contribution in [2.75, 3.05) is 6.26 Å². The molecule has 1 N–H and O–H groups in total. The average Bonchev–Trinajstić information content (AvgIpc) is 2.48. The zero-order valence-corrected chi connectivity index (χ0v) is 13.2. The topological polar surface area (TPSA) is 41.5 Å². The van der Waals surface area contributed by atoms with E-state index < -0.39 is 0 Å². The summed E-state index contributed by atoms with van der Waals surface area (Å²) >= 11 is 5.02. The minimum Gasteiger partial charge on any atom is -0.267 e. The highest BCUT2D eigenvalue weighted by Gasteiger charge is 2.07. The van der Waals surface area contributed by atoms with Gasteiger partial charge in [-0.15, -0.1) is 11.8 Å². The fourth-order valence-corrected chi connectivity index (χ4v) is 2.43. The van der Waals surface area contributed by atoms with Gasteiger partial charge >= 0.3 is 0 Å². The molecule has 2 aromatic rings. The summed E-state index contributed by atoms with van der Waals surface area (Å²) in [6.45, 7) is 0. The van der Waals surface area contributed by atoms with Crippen molar-refractivity contribution in [2.24, 2.45) is 5.10 Å². The van der Waals surface area contributed by atoms with Crippen LogP contribution >= 0.6 is 27.7 Å². The normalized spacial score (nSPS) is 10.7. The number of rotatable bonds is 4. The third kappa shape index (κ3) is 3.95. The Labute approximate surface area is 130 Å². The molecule has 5 heteroatoms. The van der Waals surface area contributed by atoms with Gasteiger partial charge in [-0.3, -0.25) is 4.79 Å². The van der Waals surface area contributed by atoms with Gasteiger partial charge in [-0.05, 0) is 52.0 Å². The molecule has 0 atom stereocenters. The van der Waals surface area contributed by atoms with Gasteiger partial charge in [0.1, 0.15) is 0 Å². The first-order valence-corrected chi connectivity index (χ1v) is 7.94. The van der Waals surface area contributed by atoms with Gasteiger partial charge < -0.3 is 0 Å². The maximum absolute atomic E-state index is 11.9. The summed E-state index contributed by atoms with van der Waals surface area (Å²) in [7, 11) is 0. The molecule has 3 nitrogen and oxygen atoms in total. The highest BCUT2D eigenvalue weighted by Crippen LogP contribution is 2.15. The zero-order chi connectivity index (χ0) is 14.4. The van der Waals surface area contributed by atoms with Gasteiger partial charge in [-0.25, -0.2) is 5.43 Å². The molecule has 0 aliphatic carbocycles. The van der Waals surface area contributed by atoms with Crippen LogP contribution in [0.3, 0.4) is 0 Å². The molecule has 20 heavy (non-hydrogen) atoms. The number of amides is 1. The van der Waals surface area contributed by atoms with Crippen molar-refractivity contribution in [3.63, 3.8) is 0 Å². The fraction of sp³-hybridized carbons (Fsp3) is 0.0667. The lowest BCUT2D eigenvalue weighted by Crippen LogP contribution is -2.18. The Bertz CT molecular complexity index is 626. The Balaban J connectivity index is 1.99. The molecule has 0 aliphatic rings. The molecule has 0 saturated heterocycles. The average molecular weight is 349 g/mol. The lowest BCUT2D eigenvalue weighted by molar-refractivity contribution is 0.0954. The molecule has 0 aliphatic heterocycles. The number of nitrogens with one attached hydrogen (secondary N) is 1. The van der Waals surface area contributed by atoms with Gasteiger partial charge in [0, 0.05) is 9.37 Å². The smallest absolute Gasteiger partial charge is 0.267 e. The van der Waals surface area contributed by atoms with Crippen LogP contribution in [0.25, 0.3) is 0 Å². The van der Waals surface area contributed by atoms with Crippen molar-refractivity contribution in [1.29, 1.82) is 0 Å². The van der Waals surface area contributed by atoms with Crippen LogP contribution in [-0.4, -0.2) is 18.4 Å². The van der Waals surface area contributed by atoms with E-state index in [9.17, 15) is 4.79 Å². The first kappa shape index (κ1) is 14.8. The summed E-state index contributed by atoms with van der Waals surface area (Å²) < 4.78 is 0.747. The first-order valence-electron chi connectivity index (χ1n) is 5.92. The van der Waals surface area contributed by atoms with Gasteiger partial charge in [0.25, 0.3) is 5.91 Å². The molecule has 0 fully saturated rings. The number of carbonyl (C=O) groups is 1. The van der Waals surface area contributed by atoms with Crippen LogP contribution in [0.4, 0.5) is 0 Å². The number of nitrogens with zero attached hydrogens (tertiary/aromatic N) is 1. The zero-order valence-electron chi connectivity index (χ0n) is 10.8. The summed E-state index contributed by atoms with van der Waals surface area (Å²) in [6.07, 6.45) is 3.65. The van der Waals surface area contributed by atoms with E-state index in [-0.39, 0.29) is 5.91 Å². The third-order valence-electron chi connectivity index (χ3n) is 2.61. The second kappa shape index (κ2) is 7.26. The molecule has 0 bridgehead atoms. The number of halogens is 1. The van der Waals surface area contributed by atoms with Crippen LogP contribution in [0.5, 0.6) is 0 Å².